The number of likely N-dealkylation sites (N-methyl/N-ethyl adjacent to an activating group) is 1. The molecule has 0 unspecified atom stereocenters. The van der Waals surface area contributed by atoms with Crippen LogP contribution in [0.3, 0.4) is 0 Å². The lowest BCUT2D eigenvalue weighted by atomic mass is 10.00. The fourth-order valence-corrected chi connectivity index (χ4v) is 3.33. The Bertz CT molecular complexity index is 754. The Morgan fingerprint density at radius 1 is 0.964 bits per heavy atom. The van der Waals surface area contributed by atoms with E-state index in [0.717, 1.165) is 11.1 Å². The summed E-state index contributed by atoms with van der Waals surface area (Å²) in [6.07, 6.45) is 1.65. The van der Waals surface area contributed by atoms with E-state index >= 15 is 0 Å². The second-order valence-corrected chi connectivity index (χ2v) is 7.44. The maximum Gasteiger partial charge on any atom is 0.242 e. The summed E-state index contributed by atoms with van der Waals surface area (Å²) in [5.74, 6) is 0.384. The number of nitrogens with zero attached hydrogens (tertiary/aromatic N) is 1. The summed E-state index contributed by atoms with van der Waals surface area (Å²) in [6, 6.07) is 17.8. The van der Waals surface area contributed by atoms with Crippen LogP contribution in [0.2, 0.25) is 0 Å². The number of amides is 2. The van der Waals surface area contributed by atoms with Gasteiger partial charge in [-0.25, -0.2) is 0 Å². The van der Waals surface area contributed by atoms with Gasteiger partial charge in [-0.1, -0.05) is 75.4 Å². The highest BCUT2D eigenvalue weighted by molar-refractivity contribution is 5.87. The van der Waals surface area contributed by atoms with E-state index in [1.54, 1.807) is 11.9 Å². The molecule has 2 rings (SSSR count). The van der Waals surface area contributed by atoms with E-state index < -0.39 is 6.04 Å². The van der Waals surface area contributed by atoms with Gasteiger partial charge in [0.15, 0.2) is 0 Å². The zero-order valence-electron chi connectivity index (χ0n) is 17.4. The molecule has 0 saturated heterocycles. The zero-order valence-corrected chi connectivity index (χ0v) is 17.4. The zero-order chi connectivity index (χ0) is 20.5. The molecule has 2 aromatic rings. The van der Waals surface area contributed by atoms with Gasteiger partial charge < -0.3 is 10.2 Å². The van der Waals surface area contributed by atoms with Crippen LogP contribution in [0.4, 0.5) is 0 Å². The molecule has 28 heavy (non-hydrogen) atoms. The highest BCUT2D eigenvalue weighted by Gasteiger charge is 2.27. The van der Waals surface area contributed by atoms with E-state index in [9.17, 15) is 9.59 Å². The van der Waals surface area contributed by atoms with Crippen LogP contribution in [0, 0.1) is 0 Å². The van der Waals surface area contributed by atoms with E-state index in [-0.39, 0.29) is 11.8 Å². The van der Waals surface area contributed by atoms with Gasteiger partial charge in [-0.3, -0.25) is 9.59 Å². The Balaban J connectivity index is 2.12. The van der Waals surface area contributed by atoms with Gasteiger partial charge in [0, 0.05) is 20.0 Å². The summed E-state index contributed by atoms with van der Waals surface area (Å²) in [7, 11) is 1.62. The van der Waals surface area contributed by atoms with Crippen molar-refractivity contribution >= 4 is 11.8 Å². The average Bonchev–Trinajstić information content (AvgIpc) is 2.72. The van der Waals surface area contributed by atoms with Crippen molar-refractivity contribution in [1.29, 1.82) is 0 Å². The molecule has 0 bridgehead atoms. The van der Waals surface area contributed by atoms with Gasteiger partial charge in [0.1, 0.15) is 6.04 Å². The van der Waals surface area contributed by atoms with Crippen molar-refractivity contribution < 1.29 is 9.59 Å². The highest BCUT2D eigenvalue weighted by atomic mass is 16.2. The van der Waals surface area contributed by atoms with E-state index in [4.69, 9.17) is 0 Å². The fourth-order valence-electron chi connectivity index (χ4n) is 3.33. The van der Waals surface area contributed by atoms with Crippen LogP contribution in [-0.4, -0.2) is 29.8 Å². The van der Waals surface area contributed by atoms with Crippen molar-refractivity contribution in [2.45, 2.75) is 58.5 Å². The molecule has 0 aliphatic rings. The number of benzene rings is 2. The number of nitrogens with one attached hydrogen (secondary N) is 1. The topological polar surface area (TPSA) is 49.4 Å². The van der Waals surface area contributed by atoms with Gasteiger partial charge in [-0.2, -0.15) is 0 Å². The molecule has 4 nitrogen and oxygen atoms in total. The predicted octanol–water partition coefficient (Wildman–Crippen LogP) is 4.30. The standard InChI is InChI=1S/C24H32N2O2/c1-5-22(24(28)25-4)26(17-20-9-7-6-8-10-20)23(27)16-13-19-11-14-21(15-12-19)18(2)3/h6-12,14-15,18,22H,5,13,16-17H2,1-4H3,(H,25,28)/t22-/m1/s1. The quantitative estimate of drug-likeness (QED) is 0.705. The lowest BCUT2D eigenvalue weighted by Gasteiger charge is -2.30. The highest BCUT2D eigenvalue weighted by Crippen LogP contribution is 2.17. The number of hydrogen-bond acceptors (Lipinski definition) is 2. The van der Waals surface area contributed by atoms with Gasteiger partial charge in [0.05, 0.1) is 0 Å². The lowest BCUT2D eigenvalue weighted by molar-refractivity contribution is -0.141. The van der Waals surface area contributed by atoms with Crippen LogP contribution in [0.25, 0.3) is 0 Å². The number of rotatable bonds is 9. The Labute approximate surface area is 169 Å². The van der Waals surface area contributed by atoms with Gasteiger partial charge in [-0.15, -0.1) is 0 Å². The molecule has 2 aromatic carbocycles. The van der Waals surface area contributed by atoms with Crippen molar-refractivity contribution in [2.24, 2.45) is 0 Å². The number of carbonyl (C=O) groups excluding carboxylic acids is 2. The molecule has 0 aliphatic heterocycles. The summed E-state index contributed by atoms with van der Waals surface area (Å²) in [4.78, 5) is 27.1. The first kappa shape index (κ1) is 21.7. The van der Waals surface area contributed by atoms with Crippen molar-refractivity contribution in [3.63, 3.8) is 0 Å². The lowest BCUT2D eigenvalue weighted by Crippen LogP contribution is -2.48. The van der Waals surface area contributed by atoms with Crippen molar-refractivity contribution in [3.05, 3.63) is 71.3 Å². The van der Waals surface area contributed by atoms with Gasteiger partial charge in [-0.05, 0) is 35.4 Å². The summed E-state index contributed by atoms with van der Waals surface area (Å²) < 4.78 is 0. The Morgan fingerprint density at radius 3 is 2.14 bits per heavy atom. The van der Waals surface area contributed by atoms with E-state index in [0.29, 0.717) is 31.7 Å². The molecule has 0 saturated carbocycles. The molecule has 0 spiro atoms. The predicted molar refractivity (Wildman–Crippen MR) is 114 cm³/mol. The van der Waals surface area contributed by atoms with Crippen LogP contribution in [0.1, 0.15) is 56.2 Å². The van der Waals surface area contributed by atoms with Gasteiger partial charge in [0.25, 0.3) is 0 Å². The fraction of sp³-hybridized carbons (Fsp3) is 0.417. The molecule has 0 heterocycles. The molecule has 1 N–H and O–H groups in total. The molecular formula is C24H32N2O2. The Kier molecular flexibility index (Phi) is 8.24. The molecule has 150 valence electrons. The Morgan fingerprint density at radius 2 is 1.61 bits per heavy atom. The molecular weight excluding hydrogens is 348 g/mol. The molecule has 0 radical (unpaired) electrons. The van der Waals surface area contributed by atoms with Gasteiger partial charge in [0.2, 0.25) is 11.8 Å². The molecule has 4 heteroatoms. The van der Waals surface area contributed by atoms with Crippen molar-refractivity contribution in [3.8, 4) is 0 Å². The number of carbonyl (C=O) groups is 2. The second kappa shape index (κ2) is 10.6. The normalized spacial score (nSPS) is 11.9. The molecule has 0 aliphatic carbocycles. The summed E-state index contributed by atoms with van der Waals surface area (Å²) in [5.41, 5.74) is 3.47. The maximum absolute atomic E-state index is 13.1. The Hall–Kier alpha value is -2.62. The monoisotopic (exact) mass is 380 g/mol. The number of aryl methyl sites for hydroxylation is 1. The minimum Gasteiger partial charge on any atom is -0.357 e. The van der Waals surface area contributed by atoms with Gasteiger partial charge >= 0.3 is 0 Å². The third kappa shape index (κ3) is 5.95. The minimum atomic E-state index is -0.457. The molecule has 1 atom stereocenters. The van der Waals surface area contributed by atoms with Crippen LogP contribution >= 0.6 is 0 Å². The van der Waals surface area contributed by atoms with Crippen LogP contribution < -0.4 is 5.32 Å². The summed E-state index contributed by atoms with van der Waals surface area (Å²) in [5, 5.41) is 2.69. The first-order chi connectivity index (χ1) is 13.5. The first-order valence-corrected chi connectivity index (χ1v) is 10.1. The minimum absolute atomic E-state index is 0.00670. The SMILES string of the molecule is CC[C@H](C(=O)NC)N(Cc1ccccc1)C(=O)CCc1ccc(C(C)C)cc1. The average molecular weight is 381 g/mol. The first-order valence-electron chi connectivity index (χ1n) is 10.1. The van der Waals surface area contributed by atoms with Crippen molar-refractivity contribution in [2.75, 3.05) is 7.05 Å². The number of hydrogen-bond donors (Lipinski definition) is 1. The van der Waals surface area contributed by atoms with E-state index in [1.807, 2.05) is 37.3 Å². The van der Waals surface area contributed by atoms with Crippen LogP contribution in [0.15, 0.2) is 54.6 Å². The molecule has 0 fully saturated rings. The van der Waals surface area contributed by atoms with Crippen LogP contribution in [-0.2, 0) is 22.6 Å². The van der Waals surface area contributed by atoms with E-state index in [2.05, 4.69) is 43.4 Å². The third-order valence-corrected chi connectivity index (χ3v) is 5.10. The smallest absolute Gasteiger partial charge is 0.242 e. The largest absolute Gasteiger partial charge is 0.357 e. The molecule has 0 aromatic heterocycles. The molecule has 2 amide bonds. The third-order valence-electron chi connectivity index (χ3n) is 5.10. The summed E-state index contributed by atoms with van der Waals surface area (Å²) in [6.45, 7) is 6.72. The van der Waals surface area contributed by atoms with E-state index in [1.165, 1.54) is 5.56 Å². The van der Waals surface area contributed by atoms with Crippen LogP contribution in [0.5, 0.6) is 0 Å². The summed E-state index contributed by atoms with van der Waals surface area (Å²) >= 11 is 0. The second-order valence-electron chi connectivity index (χ2n) is 7.44. The van der Waals surface area contributed by atoms with Crippen molar-refractivity contribution in [1.82, 2.24) is 10.2 Å². The maximum atomic E-state index is 13.1.